The Bertz CT molecular complexity index is 1000. The van der Waals surface area contributed by atoms with Crippen LogP contribution in [-0.4, -0.2) is 19.2 Å². The van der Waals surface area contributed by atoms with E-state index in [1.807, 2.05) is 0 Å². The lowest BCUT2D eigenvalue weighted by molar-refractivity contribution is -0.143. The molecule has 0 saturated carbocycles. The summed E-state index contributed by atoms with van der Waals surface area (Å²) in [6.45, 7) is 0. The van der Waals surface area contributed by atoms with Crippen LogP contribution in [0.4, 0.5) is 26.3 Å². The zero-order chi connectivity index (χ0) is 21.5. The minimum absolute atomic E-state index is 0.0217. The summed E-state index contributed by atoms with van der Waals surface area (Å²) in [5.74, 6) is -0.767. The van der Waals surface area contributed by atoms with Crippen molar-refractivity contribution in [2.45, 2.75) is 17.2 Å². The van der Waals surface area contributed by atoms with Crippen molar-refractivity contribution in [3.63, 3.8) is 0 Å². The Hall–Kier alpha value is -2.05. The maximum Gasteiger partial charge on any atom is 0.416 e. The van der Waals surface area contributed by atoms with Crippen LogP contribution in [-0.2, 0) is 22.4 Å². The molecule has 1 aromatic heterocycles. The normalized spacial score (nSPS) is 13.6. The first-order chi connectivity index (χ1) is 12.6. The Labute approximate surface area is 163 Å². The van der Waals surface area contributed by atoms with E-state index in [9.17, 15) is 34.8 Å². The molecule has 1 heterocycles. The third kappa shape index (κ3) is 5.26. The predicted octanol–water partition coefficient (Wildman–Crippen LogP) is 4.52. The number of nitrogens with two attached hydrogens (primary N) is 1. The third-order valence-electron chi connectivity index (χ3n) is 3.14. The fourth-order valence-electron chi connectivity index (χ4n) is 1.92. The molecule has 0 saturated heterocycles. The van der Waals surface area contributed by atoms with E-state index in [4.69, 9.17) is 28.9 Å². The second-order valence-electron chi connectivity index (χ2n) is 5.19. The van der Waals surface area contributed by atoms with E-state index in [1.54, 1.807) is 0 Å². The number of amidine groups is 1. The van der Waals surface area contributed by atoms with Gasteiger partial charge >= 0.3 is 12.4 Å². The standard InChI is InChI=1S/C14H7Cl2F6N3O2S/c15-10-1-6(2-11(16)24-10)12(23)25-28(26,27)9-4-7(13(17,18)19)3-8(5-9)14(20,21)22/h1-5H,(H2,23,25). The predicted molar refractivity (Wildman–Crippen MR) is 88.6 cm³/mol. The quantitative estimate of drug-likeness (QED) is 0.312. The summed E-state index contributed by atoms with van der Waals surface area (Å²) in [4.78, 5) is 2.23. The average molecular weight is 466 g/mol. The van der Waals surface area contributed by atoms with Crippen LogP contribution in [0.15, 0.2) is 39.6 Å². The topological polar surface area (TPSA) is 85.4 Å². The SMILES string of the molecule is N/C(=N/S(=O)(=O)c1cc(C(F)(F)F)cc(C(F)(F)F)c1)c1cc(Cl)nc(Cl)c1. The number of hydrogen-bond donors (Lipinski definition) is 1. The van der Waals surface area contributed by atoms with Crippen molar-refractivity contribution >= 4 is 39.1 Å². The Morgan fingerprint density at radius 3 is 1.71 bits per heavy atom. The summed E-state index contributed by atoms with van der Waals surface area (Å²) < 4.78 is 105. The molecule has 2 rings (SSSR count). The van der Waals surface area contributed by atoms with Crippen molar-refractivity contribution in [2.24, 2.45) is 10.1 Å². The van der Waals surface area contributed by atoms with Crippen molar-refractivity contribution < 1.29 is 34.8 Å². The Kier molecular flexibility index (Phi) is 5.89. The van der Waals surface area contributed by atoms with Gasteiger partial charge in [-0.3, -0.25) is 0 Å². The highest BCUT2D eigenvalue weighted by Gasteiger charge is 2.38. The van der Waals surface area contributed by atoms with Crippen LogP contribution in [0.2, 0.25) is 10.3 Å². The van der Waals surface area contributed by atoms with Crippen LogP contribution in [0.5, 0.6) is 0 Å². The summed E-state index contributed by atoms with van der Waals surface area (Å²) in [5.41, 5.74) is 1.70. The molecule has 2 aromatic rings. The van der Waals surface area contributed by atoms with Crippen LogP contribution < -0.4 is 5.73 Å². The van der Waals surface area contributed by atoms with Crippen molar-refractivity contribution in [3.8, 4) is 0 Å². The summed E-state index contributed by atoms with van der Waals surface area (Å²) in [5, 5.41) is -0.395. The van der Waals surface area contributed by atoms with Gasteiger partial charge in [0, 0.05) is 5.56 Å². The van der Waals surface area contributed by atoms with Crippen molar-refractivity contribution in [1.82, 2.24) is 4.98 Å². The Morgan fingerprint density at radius 2 is 1.32 bits per heavy atom. The molecule has 14 heteroatoms. The molecule has 0 unspecified atom stereocenters. The number of rotatable bonds is 3. The van der Waals surface area contributed by atoms with Gasteiger partial charge < -0.3 is 5.73 Å². The molecule has 0 fully saturated rings. The van der Waals surface area contributed by atoms with Gasteiger partial charge in [0.2, 0.25) is 0 Å². The van der Waals surface area contributed by atoms with Crippen molar-refractivity contribution in [3.05, 3.63) is 57.3 Å². The third-order valence-corrected chi connectivity index (χ3v) is 4.79. The van der Waals surface area contributed by atoms with Crippen LogP contribution in [0.1, 0.15) is 16.7 Å². The highest BCUT2D eigenvalue weighted by atomic mass is 35.5. The molecule has 152 valence electrons. The maximum atomic E-state index is 12.9. The number of halogens is 8. The number of sulfonamides is 1. The summed E-state index contributed by atoms with van der Waals surface area (Å²) in [6, 6.07) is 1.93. The van der Waals surface area contributed by atoms with Gasteiger partial charge in [0.05, 0.1) is 16.0 Å². The van der Waals surface area contributed by atoms with Gasteiger partial charge in [-0.15, -0.1) is 4.40 Å². The molecular formula is C14H7Cl2F6N3O2S. The van der Waals surface area contributed by atoms with E-state index in [1.165, 1.54) is 0 Å². The minimum Gasteiger partial charge on any atom is -0.383 e. The zero-order valence-corrected chi connectivity index (χ0v) is 15.4. The Balaban J connectivity index is 2.64. The van der Waals surface area contributed by atoms with Gasteiger partial charge in [0.1, 0.15) is 16.1 Å². The lowest BCUT2D eigenvalue weighted by atomic mass is 10.1. The first kappa shape index (κ1) is 22.2. The molecule has 0 spiro atoms. The zero-order valence-electron chi connectivity index (χ0n) is 13.1. The van der Waals surface area contributed by atoms with E-state index in [-0.39, 0.29) is 34.1 Å². The van der Waals surface area contributed by atoms with Gasteiger partial charge in [-0.1, -0.05) is 23.2 Å². The second-order valence-corrected chi connectivity index (χ2v) is 7.57. The molecule has 0 atom stereocenters. The van der Waals surface area contributed by atoms with E-state index in [2.05, 4.69) is 9.38 Å². The Morgan fingerprint density at radius 1 is 0.893 bits per heavy atom. The van der Waals surface area contributed by atoms with Gasteiger partial charge in [-0.05, 0) is 30.3 Å². The molecule has 0 radical (unpaired) electrons. The summed E-state index contributed by atoms with van der Waals surface area (Å²) in [6.07, 6.45) is -10.5. The summed E-state index contributed by atoms with van der Waals surface area (Å²) in [7, 11) is -5.04. The second kappa shape index (κ2) is 7.41. The van der Waals surface area contributed by atoms with Gasteiger partial charge in [0.25, 0.3) is 10.0 Å². The fourth-order valence-corrected chi connectivity index (χ4v) is 3.40. The van der Waals surface area contributed by atoms with E-state index < -0.39 is 44.2 Å². The molecule has 0 bridgehead atoms. The average Bonchev–Trinajstić information content (AvgIpc) is 2.51. The van der Waals surface area contributed by atoms with Crippen molar-refractivity contribution in [1.29, 1.82) is 0 Å². The van der Waals surface area contributed by atoms with Crippen molar-refractivity contribution in [2.75, 3.05) is 0 Å². The van der Waals surface area contributed by atoms with E-state index in [0.717, 1.165) is 12.1 Å². The molecule has 0 aliphatic heterocycles. The smallest absolute Gasteiger partial charge is 0.383 e. The number of hydrogen-bond acceptors (Lipinski definition) is 3. The molecule has 2 N–H and O–H groups in total. The highest BCUT2D eigenvalue weighted by molar-refractivity contribution is 7.90. The van der Waals surface area contributed by atoms with E-state index in [0.29, 0.717) is 0 Å². The van der Waals surface area contributed by atoms with E-state index >= 15 is 0 Å². The number of benzene rings is 1. The molecule has 0 aliphatic rings. The van der Waals surface area contributed by atoms with Gasteiger partial charge in [-0.25, -0.2) is 4.98 Å². The molecule has 0 amide bonds. The lowest BCUT2D eigenvalue weighted by Gasteiger charge is -2.13. The molecule has 0 aliphatic carbocycles. The van der Waals surface area contributed by atoms with Gasteiger partial charge in [0.15, 0.2) is 0 Å². The first-order valence-electron chi connectivity index (χ1n) is 6.83. The number of alkyl halides is 6. The van der Waals surface area contributed by atoms with Crippen LogP contribution >= 0.6 is 23.2 Å². The lowest BCUT2D eigenvalue weighted by Crippen LogP contribution is -2.17. The molecule has 28 heavy (non-hydrogen) atoms. The molecule has 5 nitrogen and oxygen atoms in total. The largest absolute Gasteiger partial charge is 0.416 e. The summed E-state index contributed by atoms with van der Waals surface area (Å²) >= 11 is 11.2. The number of aromatic nitrogens is 1. The first-order valence-corrected chi connectivity index (χ1v) is 9.02. The number of pyridine rings is 1. The van der Waals surface area contributed by atoms with Gasteiger partial charge in [-0.2, -0.15) is 34.8 Å². The van der Waals surface area contributed by atoms with Crippen LogP contribution in [0.3, 0.4) is 0 Å². The number of nitrogens with zero attached hydrogens (tertiary/aromatic N) is 2. The fraction of sp³-hybridized carbons (Fsp3) is 0.143. The minimum atomic E-state index is -5.23. The monoisotopic (exact) mass is 465 g/mol. The van der Waals surface area contributed by atoms with Crippen LogP contribution in [0, 0.1) is 0 Å². The molecule has 1 aromatic carbocycles. The molecular weight excluding hydrogens is 459 g/mol. The van der Waals surface area contributed by atoms with Crippen LogP contribution in [0.25, 0.3) is 0 Å². The highest BCUT2D eigenvalue weighted by Crippen LogP contribution is 2.37. The maximum absolute atomic E-state index is 12.9.